The smallest absolute Gasteiger partial charge is 0.271 e. The van der Waals surface area contributed by atoms with Gasteiger partial charge in [-0.15, -0.1) is 23.0 Å². The fourth-order valence-corrected chi connectivity index (χ4v) is 3.47. The van der Waals surface area contributed by atoms with Crippen LogP contribution < -0.4 is 10.2 Å². The molecule has 6 heteroatoms. The maximum absolute atomic E-state index is 12.2. The molecule has 4 nitrogen and oxygen atoms in total. The van der Waals surface area contributed by atoms with Gasteiger partial charge in [0.15, 0.2) is 0 Å². The van der Waals surface area contributed by atoms with Gasteiger partial charge in [0.25, 0.3) is 5.91 Å². The summed E-state index contributed by atoms with van der Waals surface area (Å²) in [5, 5.41) is 6.32. The molecule has 0 bridgehead atoms. The second-order valence-corrected chi connectivity index (χ2v) is 6.98. The monoisotopic (exact) mass is 413 g/mol. The molecule has 126 valence electrons. The van der Waals surface area contributed by atoms with E-state index in [1.54, 1.807) is 12.1 Å². The van der Waals surface area contributed by atoms with E-state index in [1.807, 2.05) is 58.5 Å². The van der Waals surface area contributed by atoms with E-state index < -0.39 is 0 Å². The Bertz CT molecular complexity index is 943. The van der Waals surface area contributed by atoms with E-state index in [0.29, 0.717) is 16.9 Å². The topological polar surface area (TPSA) is 46.4 Å². The van der Waals surface area contributed by atoms with E-state index in [0.717, 1.165) is 15.7 Å². The number of nitrogens with zero attached hydrogens (tertiary/aromatic N) is 2. The predicted molar refractivity (Wildman–Crippen MR) is 105 cm³/mol. The van der Waals surface area contributed by atoms with Crippen molar-refractivity contribution in [3.63, 3.8) is 0 Å². The number of hydrogen-bond donors (Lipinski definition) is 1. The number of carbonyl (C=O) groups excluding carboxylic acids is 1. The zero-order valence-electron chi connectivity index (χ0n) is 13.4. The highest BCUT2D eigenvalue weighted by Crippen LogP contribution is 2.22. The first kappa shape index (κ1) is 17.4. The van der Waals surface area contributed by atoms with Crippen LogP contribution in [0.3, 0.4) is 0 Å². The average Bonchev–Trinajstić information content (AvgIpc) is 3.04. The van der Waals surface area contributed by atoms with Crippen molar-refractivity contribution in [2.75, 3.05) is 0 Å². The lowest BCUT2D eigenvalue weighted by Gasteiger charge is -2.07. The minimum absolute atomic E-state index is 0.232. The first-order chi connectivity index (χ1) is 12.2. The van der Waals surface area contributed by atoms with Gasteiger partial charge in [-0.25, -0.2) is 5.43 Å². The quantitative estimate of drug-likeness (QED) is 0.488. The number of benzene rings is 2. The van der Waals surface area contributed by atoms with Crippen LogP contribution in [0, 0.1) is 0 Å². The van der Waals surface area contributed by atoms with Crippen molar-refractivity contribution in [1.29, 1.82) is 0 Å². The first-order valence-electron chi connectivity index (χ1n) is 7.63. The molecule has 1 aromatic heterocycles. The summed E-state index contributed by atoms with van der Waals surface area (Å²) in [4.78, 5) is 12.9. The van der Waals surface area contributed by atoms with Crippen LogP contribution in [0.1, 0.15) is 10.4 Å². The first-order valence-corrected chi connectivity index (χ1v) is 9.30. The Balaban J connectivity index is 1.92. The van der Waals surface area contributed by atoms with Crippen molar-refractivity contribution in [2.24, 2.45) is 5.10 Å². The summed E-state index contributed by atoms with van der Waals surface area (Å²) in [6.45, 7) is 4.42. The third-order valence-electron chi connectivity index (χ3n) is 3.54. The van der Waals surface area contributed by atoms with Crippen molar-refractivity contribution in [3.8, 4) is 11.3 Å². The van der Waals surface area contributed by atoms with Crippen molar-refractivity contribution in [2.45, 2.75) is 6.54 Å². The molecule has 3 aromatic rings. The van der Waals surface area contributed by atoms with E-state index in [1.165, 1.54) is 11.3 Å². The Kier molecular flexibility index (Phi) is 5.63. The molecule has 0 atom stereocenters. The van der Waals surface area contributed by atoms with Gasteiger partial charge in [-0.2, -0.15) is 0 Å². The van der Waals surface area contributed by atoms with Crippen LogP contribution in [0.5, 0.6) is 0 Å². The van der Waals surface area contributed by atoms with E-state index in [4.69, 9.17) is 0 Å². The average molecular weight is 414 g/mol. The highest BCUT2D eigenvalue weighted by Gasteiger charge is 2.08. The van der Waals surface area contributed by atoms with Crippen molar-refractivity contribution in [3.05, 3.63) is 87.5 Å². The molecular weight excluding hydrogens is 398 g/mol. The number of aromatic nitrogens is 1. The molecule has 0 aliphatic rings. The summed E-state index contributed by atoms with van der Waals surface area (Å²) in [6, 6.07) is 17.1. The van der Waals surface area contributed by atoms with Gasteiger partial charge in [-0.05, 0) is 29.8 Å². The maximum Gasteiger partial charge on any atom is 0.271 e. The Morgan fingerprint density at radius 1 is 1.20 bits per heavy atom. The number of hydrogen-bond acceptors (Lipinski definition) is 3. The lowest BCUT2D eigenvalue weighted by molar-refractivity contribution is 0.0953. The molecule has 25 heavy (non-hydrogen) atoms. The second kappa shape index (κ2) is 8.09. The molecule has 0 saturated carbocycles. The molecule has 1 amide bonds. The summed E-state index contributed by atoms with van der Waals surface area (Å²) < 4.78 is 3.05. The molecule has 0 spiro atoms. The van der Waals surface area contributed by atoms with Crippen LogP contribution in [0.2, 0.25) is 0 Å². The summed E-state index contributed by atoms with van der Waals surface area (Å²) in [5.41, 5.74) is 5.31. The molecule has 0 unspecified atom stereocenters. The van der Waals surface area contributed by atoms with Gasteiger partial charge in [0.05, 0.1) is 5.69 Å². The number of nitrogens with one attached hydrogen (secondary N) is 1. The Morgan fingerprint density at radius 2 is 1.92 bits per heavy atom. The minimum atomic E-state index is -0.232. The number of rotatable bonds is 5. The molecule has 2 aromatic carbocycles. The van der Waals surface area contributed by atoms with Gasteiger partial charge < -0.3 is 4.57 Å². The van der Waals surface area contributed by atoms with Crippen LogP contribution in [-0.4, -0.2) is 10.5 Å². The van der Waals surface area contributed by atoms with E-state index >= 15 is 0 Å². The fraction of sp³-hybridized carbons (Fsp3) is 0.0526. The molecule has 0 fully saturated rings. The number of halogens is 1. The third kappa shape index (κ3) is 4.15. The molecule has 1 N–H and O–H groups in total. The SMILES string of the molecule is C=CCn1c(-c2ccc(Br)cc2)cs/c1=N\NC(=O)c1ccccc1. The Morgan fingerprint density at radius 3 is 2.60 bits per heavy atom. The van der Waals surface area contributed by atoms with Crippen molar-refractivity contribution >= 4 is 33.2 Å². The van der Waals surface area contributed by atoms with Crippen molar-refractivity contribution < 1.29 is 4.79 Å². The second-order valence-electron chi connectivity index (χ2n) is 5.23. The van der Waals surface area contributed by atoms with Crippen LogP contribution >= 0.6 is 27.3 Å². The summed E-state index contributed by atoms with van der Waals surface area (Å²) in [7, 11) is 0. The molecule has 0 saturated heterocycles. The number of amides is 1. The number of allylic oxidation sites excluding steroid dienone is 1. The third-order valence-corrected chi connectivity index (χ3v) is 4.93. The van der Waals surface area contributed by atoms with Crippen LogP contribution in [0.15, 0.2) is 82.2 Å². The van der Waals surface area contributed by atoms with Gasteiger partial charge in [0.1, 0.15) is 0 Å². The van der Waals surface area contributed by atoms with Gasteiger partial charge in [-0.3, -0.25) is 4.79 Å². The summed E-state index contributed by atoms with van der Waals surface area (Å²) in [5.74, 6) is -0.232. The van der Waals surface area contributed by atoms with Crippen molar-refractivity contribution in [1.82, 2.24) is 9.99 Å². The van der Waals surface area contributed by atoms with Crippen LogP contribution in [0.25, 0.3) is 11.3 Å². The van der Waals surface area contributed by atoms with Gasteiger partial charge >= 0.3 is 0 Å². The molecule has 3 rings (SSSR count). The Labute approximate surface area is 158 Å². The summed E-state index contributed by atoms with van der Waals surface area (Å²) in [6.07, 6.45) is 1.81. The minimum Gasteiger partial charge on any atom is -0.311 e. The predicted octanol–water partition coefficient (Wildman–Crippen LogP) is 4.41. The highest BCUT2D eigenvalue weighted by molar-refractivity contribution is 9.10. The highest BCUT2D eigenvalue weighted by atomic mass is 79.9. The molecule has 0 aliphatic heterocycles. The van der Waals surface area contributed by atoms with E-state index in [-0.39, 0.29) is 5.91 Å². The zero-order valence-corrected chi connectivity index (χ0v) is 15.8. The van der Waals surface area contributed by atoms with E-state index in [9.17, 15) is 4.79 Å². The zero-order chi connectivity index (χ0) is 17.6. The van der Waals surface area contributed by atoms with Crippen LogP contribution in [-0.2, 0) is 6.54 Å². The fourth-order valence-electron chi connectivity index (χ4n) is 2.33. The van der Waals surface area contributed by atoms with E-state index in [2.05, 4.69) is 33.0 Å². The standard InChI is InChI=1S/C19H16BrN3OS/c1-2-12-23-17(14-8-10-16(20)11-9-14)13-25-19(23)22-21-18(24)15-6-4-3-5-7-15/h2-11,13H,1,12H2,(H,21,24)/b22-19-. The van der Waals surface area contributed by atoms with Gasteiger partial charge in [0.2, 0.25) is 4.80 Å². The summed E-state index contributed by atoms with van der Waals surface area (Å²) >= 11 is 4.92. The lowest BCUT2D eigenvalue weighted by Crippen LogP contribution is -2.24. The largest absolute Gasteiger partial charge is 0.311 e. The van der Waals surface area contributed by atoms with Gasteiger partial charge in [0, 0.05) is 22.0 Å². The number of thiazole rings is 1. The maximum atomic E-state index is 12.2. The lowest BCUT2D eigenvalue weighted by atomic mass is 10.2. The molecule has 1 heterocycles. The normalized spacial score (nSPS) is 11.3. The Hall–Kier alpha value is -2.44. The number of carbonyl (C=O) groups is 1. The molecule has 0 radical (unpaired) electrons. The molecular formula is C19H16BrN3OS. The van der Waals surface area contributed by atoms with Gasteiger partial charge in [-0.1, -0.05) is 52.3 Å². The van der Waals surface area contributed by atoms with Crippen LogP contribution in [0.4, 0.5) is 0 Å². The molecule has 0 aliphatic carbocycles.